The Balaban J connectivity index is 2.02. The van der Waals surface area contributed by atoms with E-state index in [0.717, 1.165) is 31.2 Å². The summed E-state index contributed by atoms with van der Waals surface area (Å²) in [6.45, 7) is 4.19. The molecule has 2 aliphatic rings. The molecule has 0 radical (unpaired) electrons. The lowest BCUT2D eigenvalue weighted by Gasteiger charge is -2.38. The second-order valence-corrected chi connectivity index (χ2v) is 5.66. The van der Waals surface area contributed by atoms with E-state index in [2.05, 4.69) is 32.0 Å². The molecule has 0 aromatic heterocycles. The minimum atomic E-state index is -0.667. The highest BCUT2D eigenvalue weighted by molar-refractivity contribution is 5.39. The third-order valence-corrected chi connectivity index (χ3v) is 4.27. The van der Waals surface area contributed by atoms with Gasteiger partial charge in [-0.3, -0.25) is 0 Å². The fraction of sp³-hybridized carbons (Fsp3) is 0.600. The number of ether oxygens (including phenoxy) is 1. The van der Waals surface area contributed by atoms with Crippen LogP contribution in [0.25, 0.3) is 0 Å². The van der Waals surface area contributed by atoms with Crippen LogP contribution in [0.4, 0.5) is 0 Å². The van der Waals surface area contributed by atoms with Crippen LogP contribution in [0.2, 0.25) is 0 Å². The van der Waals surface area contributed by atoms with Gasteiger partial charge in [0, 0.05) is 12.8 Å². The summed E-state index contributed by atoms with van der Waals surface area (Å²) in [5.41, 5.74) is 2.88. The summed E-state index contributed by atoms with van der Waals surface area (Å²) >= 11 is 0. The third-order valence-electron chi connectivity index (χ3n) is 4.27. The lowest BCUT2D eigenvalue weighted by Crippen LogP contribution is -2.39. The zero-order valence-electron chi connectivity index (χ0n) is 10.6. The average Bonchev–Trinajstić information content (AvgIpc) is 2.58. The summed E-state index contributed by atoms with van der Waals surface area (Å²) in [6, 6.07) is 6.25. The van der Waals surface area contributed by atoms with Crippen LogP contribution < -0.4 is 0 Å². The smallest absolute Gasteiger partial charge is 0.0951 e. The first-order valence-corrected chi connectivity index (χ1v) is 6.53. The molecule has 1 N–H and O–H groups in total. The number of aryl methyl sites for hydroxylation is 2. The lowest BCUT2D eigenvalue weighted by atomic mass is 9.79. The standard InChI is InChI=1S/C15H20O2/c1-10-4-3-5-11(2)14(10)15(16)8-12-6-7-13(9-15)17-12/h3-5,12-13,16H,6-9H2,1-2H3. The SMILES string of the molecule is Cc1cccc(C)c1C1(O)CC2CCC(C1)O2. The lowest BCUT2D eigenvalue weighted by molar-refractivity contribution is -0.116. The predicted octanol–water partition coefficient (Wildman–Crippen LogP) is 2.83. The first kappa shape index (κ1) is 11.2. The van der Waals surface area contributed by atoms with Crippen LogP contribution >= 0.6 is 0 Å². The monoisotopic (exact) mass is 232 g/mol. The maximum absolute atomic E-state index is 11.0. The number of fused-ring (bicyclic) bond motifs is 2. The fourth-order valence-corrected chi connectivity index (χ4v) is 3.67. The topological polar surface area (TPSA) is 29.5 Å². The second-order valence-electron chi connectivity index (χ2n) is 5.66. The van der Waals surface area contributed by atoms with Gasteiger partial charge in [0.1, 0.15) is 0 Å². The Kier molecular flexibility index (Phi) is 2.53. The minimum Gasteiger partial charge on any atom is -0.385 e. The van der Waals surface area contributed by atoms with Gasteiger partial charge >= 0.3 is 0 Å². The van der Waals surface area contributed by atoms with Crippen molar-refractivity contribution in [3.8, 4) is 0 Å². The van der Waals surface area contributed by atoms with Crippen molar-refractivity contribution < 1.29 is 9.84 Å². The molecule has 2 heteroatoms. The van der Waals surface area contributed by atoms with Crippen molar-refractivity contribution in [1.82, 2.24) is 0 Å². The van der Waals surface area contributed by atoms with E-state index in [4.69, 9.17) is 4.74 Å². The van der Waals surface area contributed by atoms with Gasteiger partial charge in [0.25, 0.3) is 0 Å². The highest BCUT2D eigenvalue weighted by Gasteiger charge is 2.45. The summed E-state index contributed by atoms with van der Waals surface area (Å²) < 4.78 is 5.83. The van der Waals surface area contributed by atoms with E-state index < -0.39 is 5.60 Å². The molecule has 1 aromatic rings. The van der Waals surface area contributed by atoms with E-state index in [-0.39, 0.29) is 12.2 Å². The van der Waals surface area contributed by atoms with Gasteiger partial charge in [-0.05, 0) is 43.4 Å². The molecule has 2 fully saturated rings. The maximum Gasteiger partial charge on any atom is 0.0951 e. The van der Waals surface area contributed by atoms with E-state index in [9.17, 15) is 5.11 Å². The van der Waals surface area contributed by atoms with E-state index in [1.54, 1.807) is 0 Å². The van der Waals surface area contributed by atoms with Crippen molar-refractivity contribution in [2.24, 2.45) is 0 Å². The first-order valence-electron chi connectivity index (χ1n) is 6.53. The van der Waals surface area contributed by atoms with Gasteiger partial charge in [-0.15, -0.1) is 0 Å². The molecule has 2 bridgehead atoms. The maximum atomic E-state index is 11.0. The normalized spacial score (nSPS) is 36.2. The van der Waals surface area contributed by atoms with Crippen LogP contribution in [-0.4, -0.2) is 17.3 Å². The number of rotatable bonds is 1. The van der Waals surface area contributed by atoms with Crippen LogP contribution in [0.3, 0.4) is 0 Å². The van der Waals surface area contributed by atoms with Crippen LogP contribution in [0.15, 0.2) is 18.2 Å². The van der Waals surface area contributed by atoms with Gasteiger partial charge in [0.2, 0.25) is 0 Å². The summed E-state index contributed by atoms with van der Waals surface area (Å²) in [5, 5.41) is 11.0. The molecule has 0 aliphatic carbocycles. The molecule has 0 amide bonds. The van der Waals surface area contributed by atoms with Crippen molar-refractivity contribution in [2.75, 3.05) is 0 Å². The van der Waals surface area contributed by atoms with Gasteiger partial charge in [-0.2, -0.15) is 0 Å². The van der Waals surface area contributed by atoms with Crippen molar-refractivity contribution in [3.63, 3.8) is 0 Å². The average molecular weight is 232 g/mol. The highest BCUT2D eigenvalue weighted by Crippen LogP contribution is 2.45. The molecule has 2 heterocycles. The van der Waals surface area contributed by atoms with E-state index in [1.165, 1.54) is 11.1 Å². The van der Waals surface area contributed by atoms with Gasteiger partial charge in [0.15, 0.2) is 0 Å². The molecule has 92 valence electrons. The quantitative estimate of drug-likeness (QED) is 0.806. The number of benzene rings is 1. The summed E-state index contributed by atoms with van der Waals surface area (Å²) in [4.78, 5) is 0. The van der Waals surface area contributed by atoms with Crippen molar-refractivity contribution in [3.05, 3.63) is 34.9 Å². The number of hydrogen-bond acceptors (Lipinski definition) is 2. The van der Waals surface area contributed by atoms with Gasteiger partial charge in [-0.1, -0.05) is 18.2 Å². The molecular formula is C15H20O2. The zero-order valence-corrected chi connectivity index (χ0v) is 10.6. The summed E-state index contributed by atoms with van der Waals surface area (Å²) in [6.07, 6.45) is 4.26. The first-order chi connectivity index (χ1) is 8.08. The Morgan fingerprint density at radius 2 is 1.65 bits per heavy atom. The van der Waals surface area contributed by atoms with Gasteiger partial charge in [0.05, 0.1) is 17.8 Å². The van der Waals surface area contributed by atoms with Gasteiger partial charge < -0.3 is 9.84 Å². The van der Waals surface area contributed by atoms with Crippen LogP contribution in [0.1, 0.15) is 42.4 Å². The summed E-state index contributed by atoms with van der Waals surface area (Å²) in [7, 11) is 0. The molecule has 2 aliphatic heterocycles. The molecule has 0 saturated carbocycles. The Morgan fingerprint density at radius 1 is 1.12 bits per heavy atom. The number of aliphatic hydroxyl groups is 1. The fourth-order valence-electron chi connectivity index (χ4n) is 3.67. The van der Waals surface area contributed by atoms with Gasteiger partial charge in [-0.25, -0.2) is 0 Å². The Bertz CT molecular complexity index is 406. The van der Waals surface area contributed by atoms with Crippen LogP contribution in [-0.2, 0) is 10.3 Å². The Morgan fingerprint density at radius 3 is 2.18 bits per heavy atom. The predicted molar refractivity (Wildman–Crippen MR) is 66.9 cm³/mol. The zero-order chi connectivity index (χ0) is 12.0. The molecule has 0 spiro atoms. The van der Waals surface area contributed by atoms with E-state index in [0.29, 0.717) is 0 Å². The van der Waals surface area contributed by atoms with Crippen molar-refractivity contribution >= 4 is 0 Å². The molecule has 17 heavy (non-hydrogen) atoms. The summed E-state index contributed by atoms with van der Waals surface area (Å²) in [5.74, 6) is 0. The molecule has 1 aromatic carbocycles. The molecule has 2 saturated heterocycles. The third kappa shape index (κ3) is 1.80. The van der Waals surface area contributed by atoms with Crippen LogP contribution in [0.5, 0.6) is 0 Å². The highest BCUT2D eigenvalue weighted by atomic mass is 16.5. The minimum absolute atomic E-state index is 0.262. The van der Waals surface area contributed by atoms with Crippen LogP contribution in [0, 0.1) is 13.8 Å². The van der Waals surface area contributed by atoms with Crippen molar-refractivity contribution in [1.29, 1.82) is 0 Å². The Hall–Kier alpha value is -0.860. The number of hydrogen-bond donors (Lipinski definition) is 1. The molecular weight excluding hydrogens is 212 g/mol. The molecule has 2 unspecified atom stereocenters. The van der Waals surface area contributed by atoms with Crippen molar-refractivity contribution in [2.45, 2.75) is 57.3 Å². The molecule has 2 nitrogen and oxygen atoms in total. The molecule has 3 rings (SSSR count). The largest absolute Gasteiger partial charge is 0.385 e. The molecule has 2 atom stereocenters. The Labute approximate surface area is 103 Å². The van der Waals surface area contributed by atoms with E-state index in [1.807, 2.05) is 0 Å². The van der Waals surface area contributed by atoms with E-state index >= 15 is 0 Å². The second kappa shape index (κ2) is 3.82.